The molecule has 0 fully saturated rings. The van der Waals surface area contributed by atoms with Gasteiger partial charge in [0.2, 0.25) is 0 Å². The fourth-order valence-electron chi connectivity index (χ4n) is 1.89. The maximum absolute atomic E-state index is 9.98. The van der Waals surface area contributed by atoms with Gasteiger partial charge in [-0.05, 0) is 31.6 Å². The van der Waals surface area contributed by atoms with Crippen LogP contribution in [0.5, 0.6) is 0 Å². The highest BCUT2D eigenvalue weighted by atomic mass is 16.3. The predicted octanol–water partition coefficient (Wildman–Crippen LogP) is 0.525. The first-order valence-electron chi connectivity index (χ1n) is 6.12. The molecule has 0 aliphatic heterocycles. The molecule has 4 N–H and O–H groups in total. The molecule has 0 heterocycles. The summed E-state index contributed by atoms with van der Waals surface area (Å²) in [6.07, 6.45) is 1.39. The first kappa shape index (κ1) is 15.8. The average Bonchev–Trinajstić information content (AvgIpc) is 2.30. The molecule has 0 aromatic carbocycles. The Morgan fingerprint density at radius 1 is 0.875 bits per heavy atom. The lowest BCUT2D eigenvalue weighted by Gasteiger charge is -2.28. The van der Waals surface area contributed by atoms with Gasteiger partial charge < -0.3 is 20.4 Å². The second-order valence-electron chi connectivity index (χ2n) is 4.63. The third-order valence-electron chi connectivity index (χ3n) is 3.20. The Morgan fingerprint density at radius 3 is 1.88 bits per heavy atom. The molecule has 0 aromatic rings. The van der Waals surface area contributed by atoms with Gasteiger partial charge in [-0.1, -0.05) is 13.8 Å². The molecule has 98 valence electrons. The minimum atomic E-state index is -0.571. The minimum Gasteiger partial charge on any atom is -0.396 e. The van der Waals surface area contributed by atoms with Gasteiger partial charge in [0.1, 0.15) is 0 Å². The fourth-order valence-corrected chi connectivity index (χ4v) is 1.89. The van der Waals surface area contributed by atoms with E-state index in [9.17, 15) is 10.2 Å². The van der Waals surface area contributed by atoms with Crippen LogP contribution < -0.4 is 0 Å². The maximum atomic E-state index is 9.98. The SMILES string of the molecule is C[C@@H]([C@@H](O)[C@H](C)CCCO)[C@H](O)CCCO. The average molecular weight is 234 g/mol. The van der Waals surface area contributed by atoms with E-state index in [1.165, 1.54) is 0 Å². The summed E-state index contributed by atoms with van der Waals surface area (Å²) in [5.74, 6) is -0.119. The van der Waals surface area contributed by atoms with Crippen molar-refractivity contribution >= 4 is 0 Å². The molecule has 0 aliphatic carbocycles. The molecule has 4 atom stereocenters. The van der Waals surface area contributed by atoms with Gasteiger partial charge in [-0.25, -0.2) is 0 Å². The Kier molecular flexibility index (Phi) is 8.84. The van der Waals surface area contributed by atoms with Gasteiger partial charge >= 0.3 is 0 Å². The zero-order valence-corrected chi connectivity index (χ0v) is 10.3. The third-order valence-corrected chi connectivity index (χ3v) is 3.20. The van der Waals surface area contributed by atoms with Gasteiger partial charge in [-0.15, -0.1) is 0 Å². The molecular formula is C12H26O4. The predicted molar refractivity (Wildman–Crippen MR) is 63.0 cm³/mol. The molecule has 0 amide bonds. The zero-order chi connectivity index (χ0) is 12.6. The Hall–Kier alpha value is -0.160. The van der Waals surface area contributed by atoms with Crippen LogP contribution in [0, 0.1) is 11.8 Å². The van der Waals surface area contributed by atoms with Crippen LogP contribution in [0.25, 0.3) is 0 Å². The lowest BCUT2D eigenvalue weighted by Crippen LogP contribution is -2.34. The number of hydrogen-bond donors (Lipinski definition) is 4. The van der Waals surface area contributed by atoms with Gasteiger partial charge in [0, 0.05) is 19.1 Å². The molecular weight excluding hydrogens is 208 g/mol. The summed E-state index contributed by atoms with van der Waals surface area (Å²) in [4.78, 5) is 0. The number of aliphatic hydroxyl groups is 4. The highest BCUT2D eigenvalue weighted by molar-refractivity contribution is 4.76. The molecule has 16 heavy (non-hydrogen) atoms. The number of rotatable bonds is 9. The van der Waals surface area contributed by atoms with Crippen molar-refractivity contribution in [2.75, 3.05) is 13.2 Å². The molecule has 0 saturated heterocycles. The van der Waals surface area contributed by atoms with Crippen molar-refractivity contribution in [1.29, 1.82) is 0 Å². The van der Waals surface area contributed by atoms with Crippen molar-refractivity contribution in [2.24, 2.45) is 11.8 Å². The van der Waals surface area contributed by atoms with Crippen molar-refractivity contribution in [2.45, 2.75) is 51.7 Å². The molecule has 0 radical (unpaired) electrons. The van der Waals surface area contributed by atoms with Crippen LogP contribution in [0.1, 0.15) is 39.5 Å². The number of hydrogen-bond acceptors (Lipinski definition) is 4. The number of aliphatic hydroxyl groups excluding tert-OH is 4. The minimum absolute atomic E-state index is 0.0694. The first-order chi connectivity index (χ1) is 7.54. The Bertz CT molecular complexity index is 145. The quantitative estimate of drug-likeness (QED) is 0.469. The van der Waals surface area contributed by atoms with Crippen molar-refractivity contribution < 1.29 is 20.4 Å². The molecule has 0 unspecified atom stereocenters. The standard InChI is InChI=1S/C12H26O4/c1-9(5-3-7-13)12(16)10(2)11(15)6-4-8-14/h9-16H,3-8H2,1-2H3/t9-,10-,11-,12+/m1/s1. The van der Waals surface area contributed by atoms with Gasteiger partial charge in [0.25, 0.3) is 0 Å². The monoisotopic (exact) mass is 234 g/mol. The van der Waals surface area contributed by atoms with Crippen LogP contribution in [0.15, 0.2) is 0 Å². The smallest absolute Gasteiger partial charge is 0.0615 e. The molecule has 0 aliphatic rings. The topological polar surface area (TPSA) is 80.9 Å². The highest BCUT2D eigenvalue weighted by Crippen LogP contribution is 2.22. The summed E-state index contributed by atoms with van der Waals surface area (Å²) < 4.78 is 0. The molecule has 0 saturated carbocycles. The molecule has 4 nitrogen and oxygen atoms in total. The van der Waals surface area contributed by atoms with Crippen molar-refractivity contribution in [3.63, 3.8) is 0 Å². The summed E-state index contributed by atoms with van der Waals surface area (Å²) in [6.45, 7) is 3.95. The van der Waals surface area contributed by atoms with Crippen molar-refractivity contribution in [1.82, 2.24) is 0 Å². The molecule has 4 heteroatoms. The van der Waals surface area contributed by atoms with Crippen molar-refractivity contribution in [3.05, 3.63) is 0 Å². The summed E-state index contributed by atoms with van der Waals surface area (Å²) >= 11 is 0. The summed E-state index contributed by atoms with van der Waals surface area (Å²) in [5, 5.41) is 37.1. The summed E-state index contributed by atoms with van der Waals surface area (Å²) in [7, 11) is 0. The van der Waals surface area contributed by atoms with E-state index in [2.05, 4.69) is 0 Å². The van der Waals surface area contributed by atoms with E-state index in [1.807, 2.05) is 13.8 Å². The van der Waals surface area contributed by atoms with E-state index < -0.39 is 12.2 Å². The lowest BCUT2D eigenvalue weighted by molar-refractivity contribution is -0.0142. The fraction of sp³-hybridized carbons (Fsp3) is 1.00. The van der Waals surface area contributed by atoms with E-state index >= 15 is 0 Å². The van der Waals surface area contributed by atoms with Crippen LogP contribution in [0.4, 0.5) is 0 Å². The summed E-state index contributed by atoms with van der Waals surface area (Å²) in [5.41, 5.74) is 0. The van der Waals surface area contributed by atoms with Crippen LogP contribution in [-0.4, -0.2) is 45.8 Å². The van der Waals surface area contributed by atoms with E-state index in [0.29, 0.717) is 19.3 Å². The van der Waals surface area contributed by atoms with Gasteiger partial charge in [0.15, 0.2) is 0 Å². The molecule has 0 bridgehead atoms. The molecule has 0 rings (SSSR count). The Balaban J connectivity index is 3.98. The van der Waals surface area contributed by atoms with Crippen LogP contribution in [0.3, 0.4) is 0 Å². The normalized spacial score (nSPS) is 19.1. The first-order valence-corrected chi connectivity index (χ1v) is 6.12. The highest BCUT2D eigenvalue weighted by Gasteiger charge is 2.26. The van der Waals surface area contributed by atoms with Crippen LogP contribution >= 0.6 is 0 Å². The summed E-state index contributed by atoms with van der Waals surface area (Å²) in [6, 6.07) is 0. The Labute approximate surface area is 97.9 Å². The van der Waals surface area contributed by atoms with E-state index in [0.717, 1.165) is 6.42 Å². The van der Waals surface area contributed by atoms with Gasteiger partial charge in [0.05, 0.1) is 12.2 Å². The maximum Gasteiger partial charge on any atom is 0.0615 e. The van der Waals surface area contributed by atoms with E-state index in [4.69, 9.17) is 10.2 Å². The van der Waals surface area contributed by atoms with Gasteiger partial charge in [-0.3, -0.25) is 0 Å². The van der Waals surface area contributed by atoms with Crippen molar-refractivity contribution in [3.8, 4) is 0 Å². The van der Waals surface area contributed by atoms with E-state index in [-0.39, 0.29) is 25.0 Å². The lowest BCUT2D eigenvalue weighted by atomic mass is 9.85. The second kappa shape index (κ2) is 8.93. The van der Waals surface area contributed by atoms with Gasteiger partial charge in [-0.2, -0.15) is 0 Å². The molecule has 0 aromatic heterocycles. The Morgan fingerprint density at radius 2 is 1.38 bits per heavy atom. The second-order valence-corrected chi connectivity index (χ2v) is 4.63. The molecule has 0 spiro atoms. The largest absolute Gasteiger partial charge is 0.396 e. The van der Waals surface area contributed by atoms with E-state index in [1.54, 1.807) is 0 Å². The zero-order valence-electron chi connectivity index (χ0n) is 10.3. The third kappa shape index (κ3) is 5.80. The van der Waals surface area contributed by atoms with Crippen LogP contribution in [0.2, 0.25) is 0 Å². The van der Waals surface area contributed by atoms with Crippen LogP contribution in [-0.2, 0) is 0 Å².